The van der Waals surface area contributed by atoms with Crippen molar-refractivity contribution >= 4 is 5.95 Å². The average molecular weight is 663 g/mol. The molecule has 12 heteroatoms. The summed E-state index contributed by atoms with van der Waals surface area (Å²) in [4.78, 5) is 15.9. The lowest BCUT2D eigenvalue weighted by Crippen LogP contribution is -2.36. The molecule has 3 aromatic rings. The molecule has 2 aromatic heterocycles. The fourth-order valence-electron chi connectivity index (χ4n) is 7.65. The smallest absolute Gasteiger partial charge is 0.416 e. The van der Waals surface area contributed by atoms with Gasteiger partial charge in [0.25, 0.3) is 0 Å². The van der Waals surface area contributed by atoms with Gasteiger partial charge < -0.3 is 14.7 Å². The largest absolute Gasteiger partial charge is 0.494 e. The van der Waals surface area contributed by atoms with Gasteiger partial charge in [0.05, 0.1) is 36.9 Å². The molecule has 1 aromatic carbocycles. The number of fused-ring (bicyclic) bond motifs is 1. The second-order valence-corrected chi connectivity index (χ2v) is 14.0. The van der Waals surface area contributed by atoms with Crippen molar-refractivity contribution in [1.29, 1.82) is 0 Å². The van der Waals surface area contributed by atoms with Gasteiger partial charge in [0.1, 0.15) is 0 Å². The number of ether oxygens (including phenoxy) is 1. The highest BCUT2D eigenvalue weighted by molar-refractivity contribution is 5.51. The molecule has 2 fully saturated rings. The molecule has 2 atom stereocenters. The third-order valence-electron chi connectivity index (χ3n) is 10.1. The number of aliphatic hydroxyl groups excluding tert-OH is 1. The summed E-state index contributed by atoms with van der Waals surface area (Å²) < 4.78 is 91.3. The van der Waals surface area contributed by atoms with Gasteiger partial charge in [-0.05, 0) is 73.1 Å². The maximum Gasteiger partial charge on any atom is 0.416 e. The minimum Gasteiger partial charge on any atom is -0.494 e. The maximum atomic E-state index is 17.1. The molecule has 3 heterocycles. The SMILES string of the molecule is COc1cnc(N2CCC(c3nc4c(c(C5CCC(F)(F)CC5)c3C(F)c3ccc(C(F)(F)F)cc3)C(O)CC(C)(C)C4)CC2)nc1. The minimum atomic E-state index is -4.58. The Hall–Kier alpha value is -3.41. The molecule has 1 saturated carbocycles. The lowest BCUT2D eigenvalue weighted by atomic mass is 9.68. The number of hydrogen-bond acceptors (Lipinski definition) is 6. The number of hydrogen-bond donors (Lipinski definition) is 1. The molecule has 0 spiro atoms. The zero-order valence-corrected chi connectivity index (χ0v) is 26.8. The predicted octanol–water partition coefficient (Wildman–Crippen LogP) is 8.64. The first-order chi connectivity index (χ1) is 22.2. The van der Waals surface area contributed by atoms with E-state index in [-0.39, 0.29) is 48.1 Å². The third-order valence-corrected chi connectivity index (χ3v) is 10.1. The van der Waals surface area contributed by atoms with Crippen LogP contribution >= 0.6 is 0 Å². The Morgan fingerprint density at radius 1 is 0.936 bits per heavy atom. The highest BCUT2D eigenvalue weighted by Gasteiger charge is 2.43. The zero-order valence-electron chi connectivity index (χ0n) is 26.8. The Morgan fingerprint density at radius 3 is 2.13 bits per heavy atom. The van der Waals surface area contributed by atoms with E-state index in [1.165, 1.54) is 7.11 Å². The fourth-order valence-corrected chi connectivity index (χ4v) is 7.65. The minimum absolute atomic E-state index is 0.0260. The van der Waals surface area contributed by atoms with Crippen LogP contribution in [0.1, 0.15) is 122 Å². The number of piperidine rings is 1. The van der Waals surface area contributed by atoms with Crippen LogP contribution < -0.4 is 9.64 Å². The Bertz CT molecular complexity index is 1560. The van der Waals surface area contributed by atoms with Gasteiger partial charge in [-0.25, -0.2) is 23.1 Å². The number of alkyl halides is 6. The van der Waals surface area contributed by atoms with E-state index < -0.39 is 35.9 Å². The summed E-state index contributed by atoms with van der Waals surface area (Å²) in [6, 6.07) is 4.00. The van der Waals surface area contributed by atoms with Crippen LogP contribution in [-0.4, -0.2) is 46.2 Å². The van der Waals surface area contributed by atoms with Crippen molar-refractivity contribution in [3.05, 3.63) is 75.9 Å². The Morgan fingerprint density at radius 2 is 1.55 bits per heavy atom. The molecule has 0 radical (unpaired) electrons. The molecule has 1 aliphatic heterocycles. The van der Waals surface area contributed by atoms with Crippen LogP contribution in [0.25, 0.3) is 0 Å². The molecule has 2 unspecified atom stereocenters. The summed E-state index contributed by atoms with van der Waals surface area (Å²) in [5.74, 6) is -2.43. The summed E-state index contributed by atoms with van der Waals surface area (Å²) in [6.45, 7) is 5.16. The van der Waals surface area contributed by atoms with Gasteiger partial charge in [0, 0.05) is 48.7 Å². The molecule has 3 aliphatic rings. The van der Waals surface area contributed by atoms with Gasteiger partial charge >= 0.3 is 6.18 Å². The number of nitrogens with zero attached hydrogens (tertiary/aromatic N) is 4. The Labute approximate surface area is 270 Å². The Balaban J connectivity index is 1.46. The zero-order chi connectivity index (χ0) is 33.7. The van der Waals surface area contributed by atoms with Crippen LogP contribution in [0.15, 0.2) is 36.7 Å². The van der Waals surface area contributed by atoms with Crippen LogP contribution in [0.4, 0.5) is 32.3 Å². The van der Waals surface area contributed by atoms with Crippen LogP contribution in [-0.2, 0) is 12.6 Å². The van der Waals surface area contributed by atoms with E-state index in [1.807, 2.05) is 18.7 Å². The van der Waals surface area contributed by atoms with Gasteiger partial charge in [0.15, 0.2) is 11.9 Å². The molecule has 0 bridgehead atoms. The van der Waals surface area contributed by atoms with Crippen LogP contribution in [0.3, 0.4) is 0 Å². The summed E-state index contributed by atoms with van der Waals surface area (Å²) >= 11 is 0. The number of methoxy groups -OCH3 is 1. The number of halogens is 6. The number of rotatable bonds is 6. The maximum absolute atomic E-state index is 17.1. The predicted molar refractivity (Wildman–Crippen MR) is 165 cm³/mol. The van der Waals surface area contributed by atoms with Gasteiger partial charge in [-0.3, -0.25) is 4.98 Å². The first kappa shape index (κ1) is 33.5. The number of pyridine rings is 1. The molecule has 6 nitrogen and oxygen atoms in total. The first-order valence-corrected chi connectivity index (χ1v) is 16.2. The average Bonchev–Trinajstić information content (AvgIpc) is 3.03. The molecule has 2 aliphatic carbocycles. The van der Waals surface area contributed by atoms with Gasteiger partial charge in [-0.15, -0.1) is 0 Å². The van der Waals surface area contributed by atoms with Crippen LogP contribution in [0.5, 0.6) is 5.75 Å². The van der Waals surface area contributed by atoms with Crippen molar-refractivity contribution in [1.82, 2.24) is 15.0 Å². The summed E-state index contributed by atoms with van der Waals surface area (Å²) in [6.07, 6.45) is -2.68. The lowest BCUT2D eigenvalue weighted by Gasteiger charge is -2.41. The van der Waals surface area contributed by atoms with E-state index >= 15 is 4.39 Å². The molecule has 254 valence electrons. The highest BCUT2D eigenvalue weighted by Crippen LogP contribution is 2.52. The molecule has 1 saturated heterocycles. The van der Waals surface area contributed by atoms with E-state index in [0.717, 1.165) is 24.3 Å². The monoisotopic (exact) mass is 662 g/mol. The lowest BCUT2D eigenvalue weighted by molar-refractivity contribution is -0.137. The molecule has 47 heavy (non-hydrogen) atoms. The molecule has 0 amide bonds. The highest BCUT2D eigenvalue weighted by atomic mass is 19.4. The molecular weight excluding hydrogens is 622 g/mol. The Kier molecular flexibility index (Phi) is 8.95. The standard InChI is InChI=1S/C35H40F6N4O2/c1-33(2)16-25-28(26(46)17-33)27(20-8-12-34(37,38)13-9-20)29(30(36)21-4-6-23(7-5-21)35(39,40)41)31(44-25)22-10-14-45(15-11-22)32-42-18-24(47-3)19-43-32/h4-7,18-20,22,26,30,46H,8-17H2,1-3H3. The number of anilines is 1. The second kappa shape index (κ2) is 12.6. The van der Waals surface area contributed by atoms with Gasteiger partial charge in [0.2, 0.25) is 11.9 Å². The first-order valence-electron chi connectivity index (χ1n) is 16.2. The number of benzene rings is 1. The van der Waals surface area contributed by atoms with Crippen molar-refractivity contribution in [3.8, 4) is 5.75 Å². The topological polar surface area (TPSA) is 71.4 Å². The summed E-state index contributed by atoms with van der Waals surface area (Å²) in [5, 5.41) is 11.5. The van der Waals surface area contributed by atoms with Gasteiger partial charge in [-0.1, -0.05) is 26.0 Å². The quantitative estimate of drug-likeness (QED) is 0.267. The summed E-state index contributed by atoms with van der Waals surface area (Å²) in [5.41, 5.74) is 1.25. The normalized spacial score (nSPS) is 22.5. The summed E-state index contributed by atoms with van der Waals surface area (Å²) in [7, 11) is 1.53. The van der Waals surface area contributed by atoms with E-state index in [1.54, 1.807) is 12.4 Å². The second-order valence-electron chi connectivity index (χ2n) is 14.0. The van der Waals surface area contributed by atoms with E-state index in [4.69, 9.17) is 9.72 Å². The van der Waals surface area contributed by atoms with Crippen molar-refractivity contribution in [2.24, 2.45) is 5.41 Å². The van der Waals surface area contributed by atoms with Crippen molar-refractivity contribution in [2.45, 2.75) is 101 Å². The molecule has 6 rings (SSSR count). The van der Waals surface area contributed by atoms with Crippen LogP contribution in [0, 0.1) is 5.41 Å². The molecule has 1 N–H and O–H groups in total. The van der Waals surface area contributed by atoms with Crippen molar-refractivity contribution in [2.75, 3.05) is 25.1 Å². The van der Waals surface area contributed by atoms with Crippen molar-refractivity contribution < 1.29 is 36.2 Å². The van der Waals surface area contributed by atoms with E-state index in [0.29, 0.717) is 73.0 Å². The molecular formula is C35H40F6N4O2. The van der Waals surface area contributed by atoms with Crippen molar-refractivity contribution in [3.63, 3.8) is 0 Å². The fraction of sp³-hybridized carbons (Fsp3) is 0.571. The van der Waals surface area contributed by atoms with E-state index in [2.05, 4.69) is 9.97 Å². The van der Waals surface area contributed by atoms with Crippen LogP contribution in [0.2, 0.25) is 0 Å². The number of aliphatic hydroxyl groups is 1. The van der Waals surface area contributed by atoms with E-state index in [9.17, 15) is 27.1 Å². The van der Waals surface area contributed by atoms with Gasteiger partial charge in [-0.2, -0.15) is 13.2 Å². The third kappa shape index (κ3) is 6.93. The number of aromatic nitrogens is 3.